The van der Waals surface area contributed by atoms with Gasteiger partial charge in [0, 0.05) is 12.1 Å². The van der Waals surface area contributed by atoms with Gasteiger partial charge in [0.2, 0.25) is 0 Å². The van der Waals surface area contributed by atoms with Crippen molar-refractivity contribution in [2.75, 3.05) is 7.11 Å². The summed E-state index contributed by atoms with van der Waals surface area (Å²) < 4.78 is 6.90. The fraction of sp³-hybridized carbons (Fsp3) is 0.333. The molecule has 2 rings (SSSR count). The molecule has 5 heteroatoms. The number of carboxylic acids is 1. The van der Waals surface area contributed by atoms with Crippen molar-refractivity contribution in [1.82, 2.24) is 4.57 Å². The largest absolute Gasteiger partial charge is 0.496 e. The number of nitrogens with zero attached hydrogens (tertiary/aromatic N) is 1. The van der Waals surface area contributed by atoms with Gasteiger partial charge in [0.15, 0.2) is 0 Å². The van der Waals surface area contributed by atoms with Gasteiger partial charge in [-0.1, -0.05) is 26.0 Å². The van der Waals surface area contributed by atoms with Gasteiger partial charge in [-0.15, -0.1) is 0 Å². The summed E-state index contributed by atoms with van der Waals surface area (Å²) in [5, 5.41) is 9.19. The minimum Gasteiger partial charge on any atom is -0.496 e. The SMILES string of the molecule is COc1ccccc1-c1ccc(C(=O)O)c(=O)n1CCC(C)C. The maximum absolute atomic E-state index is 12.6. The highest BCUT2D eigenvalue weighted by Crippen LogP contribution is 2.29. The molecule has 0 atom stereocenters. The first-order valence-electron chi connectivity index (χ1n) is 7.56. The van der Waals surface area contributed by atoms with Gasteiger partial charge in [-0.2, -0.15) is 0 Å². The molecule has 2 aromatic rings. The number of carboxylic acid groups (broad SMARTS) is 1. The summed E-state index contributed by atoms with van der Waals surface area (Å²) in [4.78, 5) is 23.8. The molecule has 0 saturated carbocycles. The van der Waals surface area contributed by atoms with E-state index < -0.39 is 11.5 Å². The fourth-order valence-corrected chi connectivity index (χ4v) is 2.44. The number of benzene rings is 1. The maximum Gasteiger partial charge on any atom is 0.341 e. The zero-order chi connectivity index (χ0) is 17.0. The summed E-state index contributed by atoms with van der Waals surface area (Å²) in [5.74, 6) is -0.158. The molecule has 0 saturated heterocycles. The molecule has 0 spiro atoms. The Kier molecular flexibility index (Phi) is 5.21. The number of hydrogen-bond donors (Lipinski definition) is 1. The third-order valence-electron chi connectivity index (χ3n) is 3.72. The first-order chi connectivity index (χ1) is 11.0. The maximum atomic E-state index is 12.6. The predicted molar refractivity (Wildman–Crippen MR) is 89.1 cm³/mol. The van der Waals surface area contributed by atoms with E-state index in [0.29, 0.717) is 23.9 Å². The zero-order valence-corrected chi connectivity index (χ0v) is 13.6. The minimum atomic E-state index is -1.21. The van der Waals surface area contributed by atoms with Crippen LogP contribution in [-0.2, 0) is 6.54 Å². The van der Waals surface area contributed by atoms with Crippen LogP contribution in [0.3, 0.4) is 0 Å². The Morgan fingerprint density at radius 3 is 2.52 bits per heavy atom. The Morgan fingerprint density at radius 2 is 1.91 bits per heavy atom. The lowest BCUT2D eigenvalue weighted by Gasteiger charge is -2.17. The monoisotopic (exact) mass is 315 g/mol. The van der Waals surface area contributed by atoms with Crippen LogP contribution in [0.2, 0.25) is 0 Å². The number of para-hydroxylation sites is 1. The second-order valence-corrected chi connectivity index (χ2v) is 5.78. The number of ether oxygens (including phenoxy) is 1. The lowest BCUT2D eigenvalue weighted by molar-refractivity contribution is 0.0694. The molecule has 0 fully saturated rings. The van der Waals surface area contributed by atoms with Gasteiger partial charge in [-0.25, -0.2) is 4.79 Å². The molecule has 0 aliphatic carbocycles. The Morgan fingerprint density at radius 1 is 1.22 bits per heavy atom. The van der Waals surface area contributed by atoms with Crippen LogP contribution in [0.1, 0.15) is 30.6 Å². The van der Waals surface area contributed by atoms with Crippen LogP contribution in [0, 0.1) is 5.92 Å². The Hall–Kier alpha value is -2.56. The van der Waals surface area contributed by atoms with Gasteiger partial charge in [0.25, 0.3) is 5.56 Å². The smallest absolute Gasteiger partial charge is 0.341 e. The second kappa shape index (κ2) is 7.13. The first-order valence-corrected chi connectivity index (χ1v) is 7.56. The van der Waals surface area contributed by atoms with E-state index in [1.807, 2.05) is 24.3 Å². The molecule has 1 aromatic carbocycles. The molecule has 1 N–H and O–H groups in total. The molecule has 23 heavy (non-hydrogen) atoms. The number of aromatic carboxylic acids is 1. The van der Waals surface area contributed by atoms with Crippen molar-refractivity contribution >= 4 is 5.97 Å². The first kappa shape index (κ1) is 16.8. The molecular formula is C18H21NO4. The molecule has 5 nitrogen and oxygen atoms in total. The van der Waals surface area contributed by atoms with Crippen molar-refractivity contribution in [3.05, 3.63) is 52.3 Å². The van der Waals surface area contributed by atoms with Gasteiger partial charge in [0.1, 0.15) is 11.3 Å². The van der Waals surface area contributed by atoms with Gasteiger partial charge in [0.05, 0.1) is 12.8 Å². The molecule has 1 heterocycles. The summed E-state index contributed by atoms with van der Waals surface area (Å²) in [5.41, 5.74) is 0.736. The normalized spacial score (nSPS) is 10.8. The van der Waals surface area contributed by atoms with E-state index >= 15 is 0 Å². The lowest BCUT2D eigenvalue weighted by Crippen LogP contribution is -2.28. The van der Waals surface area contributed by atoms with Crippen molar-refractivity contribution in [1.29, 1.82) is 0 Å². The number of aromatic nitrogens is 1. The highest BCUT2D eigenvalue weighted by atomic mass is 16.5. The molecule has 0 aliphatic heterocycles. The lowest BCUT2D eigenvalue weighted by atomic mass is 10.1. The van der Waals surface area contributed by atoms with E-state index in [9.17, 15) is 14.7 Å². The molecule has 0 bridgehead atoms. The molecule has 0 amide bonds. The van der Waals surface area contributed by atoms with Crippen LogP contribution in [-0.4, -0.2) is 22.8 Å². The van der Waals surface area contributed by atoms with Gasteiger partial charge in [-0.3, -0.25) is 4.79 Å². The number of methoxy groups -OCH3 is 1. The standard InChI is InChI=1S/C18H21NO4/c1-12(2)10-11-19-15(9-8-14(17(19)20)18(21)22)13-6-4-5-7-16(13)23-3/h4-9,12H,10-11H2,1-3H3,(H,21,22). The van der Waals surface area contributed by atoms with E-state index in [-0.39, 0.29) is 5.56 Å². The van der Waals surface area contributed by atoms with Gasteiger partial charge < -0.3 is 14.4 Å². The molecular weight excluding hydrogens is 294 g/mol. The molecule has 122 valence electrons. The van der Waals surface area contributed by atoms with E-state index in [1.54, 1.807) is 13.2 Å². The topological polar surface area (TPSA) is 68.5 Å². The van der Waals surface area contributed by atoms with Crippen LogP contribution in [0.15, 0.2) is 41.2 Å². The quantitative estimate of drug-likeness (QED) is 0.888. The second-order valence-electron chi connectivity index (χ2n) is 5.78. The summed E-state index contributed by atoms with van der Waals surface area (Å²) in [7, 11) is 1.57. The van der Waals surface area contributed by atoms with E-state index in [1.165, 1.54) is 10.6 Å². The molecule has 0 unspecified atom stereocenters. The van der Waals surface area contributed by atoms with E-state index in [0.717, 1.165) is 12.0 Å². The summed E-state index contributed by atoms with van der Waals surface area (Å²) in [6, 6.07) is 10.4. The number of pyridine rings is 1. The number of rotatable bonds is 6. The number of carbonyl (C=O) groups is 1. The summed E-state index contributed by atoms with van der Waals surface area (Å²) in [6.45, 7) is 4.59. The molecule has 0 aliphatic rings. The highest BCUT2D eigenvalue weighted by Gasteiger charge is 2.17. The minimum absolute atomic E-state index is 0.215. The average Bonchev–Trinajstić information content (AvgIpc) is 2.52. The van der Waals surface area contributed by atoms with Crippen molar-refractivity contribution in [3.63, 3.8) is 0 Å². The van der Waals surface area contributed by atoms with Gasteiger partial charge >= 0.3 is 5.97 Å². The van der Waals surface area contributed by atoms with Crippen LogP contribution in [0.25, 0.3) is 11.3 Å². The van der Waals surface area contributed by atoms with E-state index in [4.69, 9.17) is 4.74 Å². The molecule has 1 aromatic heterocycles. The molecule has 0 radical (unpaired) electrons. The number of hydrogen-bond acceptors (Lipinski definition) is 3. The Balaban J connectivity index is 2.65. The summed E-state index contributed by atoms with van der Waals surface area (Å²) >= 11 is 0. The van der Waals surface area contributed by atoms with Crippen LogP contribution in [0.5, 0.6) is 5.75 Å². The third kappa shape index (κ3) is 3.62. The van der Waals surface area contributed by atoms with Crippen molar-refractivity contribution in [3.8, 4) is 17.0 Å². The van der Waals surface area contributed by atoms with Crippen molar-refractivity contribution in [2.24, 2.45) is 5.92 Å². The van der Waals surface area contributed by atoms with Crippen molar-refractivity contribution in [2.45, 2.75) is 26.8 Å². The van der Waals surface area contributed by atoms with Crippen molar-refractivity contribution < 1.29 is 14.6 Å². The van der Waals surface area contributed by atoms with E-state index in [2.05, 4.69) is 13.8 Å². The van der Waals surface area contributed by atoms with Gasteiger partial charge in [-0.05, 0) is 36.6 Å². The highest BCUT2D eigenvalue weighted by molar-refractivity contribution is 5.87. The zero-order valence-electron chi connectivity index (χ0n) is 13.6. The average molecular weight is 315 g/mol. The Labute approximate surface area is 135 Å². The van der Waals surface area contributed by atoms with Crippen LogP contribution < -0.4 is 10.3 Å². The van der Waals surface area contributed by atoms with Crippen LogP contribution in [0.4, 0.5) is 0 Å². The fourth-order valence-electron chi connectivity index (χ4n) is 2.44. The third-order valence-corrected chi connectivity index (χ3v) is 3.72. The Bertz CT molecular complexity index is 762. The van der Waals surface area contributed by atoms with Crippen LogP contribution >= 0.6 is 0 Å². The summed E-state index contributed by atoms with van der Waals surface area (Å²) in [6.07, 6.45) is 0.783. The predicted octanol–water partition coefficient (Wildman–Crippen LogP) is 3.27.